The highest BCUT2D eigenvalue weighted by molar-refractivity contribution is 5.06. The number of piperazine rings is 1. The van der Waals surface area contributed by atoms with Gasteiger partial charge in [0.1, 0.15) is 5.82 Å². The Kier molecular flexibility index (Phi) is 5.95. The van der Waals surface area contributed by atoms with Crippen LogP contribution in [0.4, 0.5) is 0 Å². The van der Waals surface area contributed by atoms with Gasteiger partial charge in [0.2, 0.25) is 0 Å². The molecule has 1 saturated carbocycles. The highest BCUT2D eigenvalue weighted by Crippen LogP contribution is 2.24. The molecule has 25 heavy (non-hydrogen) atoms. The van der Waals surface area contributed by atoms with E-state index in [4.69, 9.17) is 9.72 Å². The zero-order valence-electron chi connectivity index (χ0n) is 15.4. The van der Waals surface area contributed by atoms with Gasteiger partial charge in [0, 0.05) is 57.5 Å². The number of rotatable bonds is 4. The van der Waals surface area contributed by atoms with Gasteiger partial charge in [0.15, 0.2) is 0 Å². The first-order chi connectivity index (χ1) is 12.4. The Morgan fingerprint density at radius 1 is 1.00 bits per heavy atom. The van der Waals surface area contributed by atoms with Crippen LogP contribution in [0.15, 0.2) is 12.3 Å². The van der Waals surface area contributed by atoms with E-state index in [9.17, 15) is 0 Å². The lowest BCUT2D eigenvalue weighted by molar-refractivity contribution is 0.0737. The maximum atomic E-state index is 5.60. The van der Waals surface area contributed by atoms with E-state index in [1.807, 2.05) is 6.20 Å². The number of nitrogens with zero attached hydrogens (tertiary/aromatic N) is 4. The third-order valence-corrected chi connectivity index (χ3v) is 6.14. The molecule has 4 rings (SSSR count). The van der Waals surface area contributed by atoms with E-state index in [0.717, 1.165) is 44.5 Å². The van der Waals surface area contributed by atoms with Crippen molar-refractivity contribution in [1.82, 2.24) is 19.8 Å². The number of hydrogen-bond donors (Lipinski definition) is 0. The second-order valence-electron chi connectivity index (χ2n) is 7.92. The molecular formula is C20H32N4O. The van der Waals surface area contributed by atoms with Crippen LogP contribution in [-0.2, 0) is 11.3 Å². The summed E-state index contributed by atoms with van der Waals surface area (Å²) in [5.74, 6) is 1.37. The van der Waals surface area contributed by atoms with Crippen LogP contribution in [-0.4, -0.2) is 65.2 Å². The predicted octanol–water partition coefficient (Wildman–Crippen LogP) is 2.82. The SMILES string of the molecule is c1cc(CN2CCN(C3CCCCC3)CC2)nc([C@@H]2CCCOC2)n1. The molecule has 0 radical (unpaired) electrons. The maximum absolute atomic E-state index is 5.60. The first kappa shape index (κ1) is 17.4. The Hall–Kier alpha value is -1.04. The van der Waals surface area contributed by atoms with Crippen LogP contribution in [0.1, 0.15) is 62.4 Å². The first-order valence-electron chi connectivity index (χ1n) is 10.2. The molecule has 0 unspecified atom stereocenters. The summed E-state index contributed by atoms with van der Waals surface area (Å²) >= 11 is 0. The van der Waals surface area contributed by atoms with Crippen LogP contribution < -0.4 is 0 Å². The van der Waals surface area contributed by atoms with Crippen molar-refractivity contribution in [2.45, 2.75) is 63.5 Å². The van der Waals surface area contributed by atoms with Gasteiger partial charge >= 0.3 is 0 Å². The number of ether oxygens (including phenoxy) is 1. The van der Waals surface area contributed by atoms with Gasteiger partial charge in [-0.15, -0.1) is 0 Å². The molecule has 1 atom stereocenters. The standard InChI is InChI=1S/C20H32N4O/c1-2-6-19(7-3-1)24-12-10-23(11-13-24)15-18-8-9-21-20(22-18)17-5-4-14-25-16-17/h8-9,17,19H,1-7,10-16H2/t17-/m1/s1. The molecule has 5 heteroatoms. The minimum atomic E-state index is 0.386. The average molecular weight is 345 g/mol. The average Bonchev–Trinajstić information content (AvgIpc) is 2.70. The molecule has 0 spiro atoms. The fourth-order valence-corrected chi connectivity index (χ4v) is 4.60. The van der Waals surface area contributed by atoms with Crippen molar-refractivity contribution >= 4 is 0 Å². The number of aromatic nitrogens is 2. The topological polar surface area (TPSA) is 41.5 Å². The summed E-state index contributed by atoms with van der Waals surface area (Å²) in [4.78, 5) is 14.7. The molecule has 2 aliphatic heterocycles. The summed E-state index contributed by atoms with van der Waals surface area (Å²) in [7, 11) is 0. The van der Waals surface area contributed by atoms with Crippen LogP contribution in [0.2, 0.25) is 0 Å². The van der Waals surface area contributed by atoms with Gasteiger partial charge in [-0.3, -0.25) is 9.80 Å². The Labute approximate surface area is 151 Å². The van der Waals surface area contributed by atoms with Crippen LogP contribution >= 0.6 is 0 Å². The molecule has 3 heterocycles. The van der Waals surface area contributed by atoms with E-state index in [0.29, 0.717) is 5.92 Å². The van der Waals surface area contributed by atoms with Crippen LogP contribution in [0.25, 0.3) is 0 Å². The third kappa shape index (κ3) is 4.57. The molecular weight excluding hydrogens is 312 g/mol. The van der Waals surface area contributed by atoms with Crippen LogP contribution in [0.3, 0.4) is 0 Å². The van der Waals surface area contributed by atoms with E-state index < -0.39 is 0 Å². The van der Waals surface area contributed by atoms with Crippen LogP contribution in [0, 0.1) is 0 Å². The van der Waals surface area contributed by atoms with Crippen molar-refractivity contribution < 1.29 is 4.74 Å². The summed E-state index contributed by atoms with van der Waals surface area (Å²) in [6.07, 6.45) is 11.4. The summed E-state index contributed by atoms with van der Waals surface area (Å²) in [6.45, 7) is 7.41. The van der Waals surface area contributed by atoms with Gasteiger partial charge in [-0.25, -0.2) is 9.97 Å². The molecule has 2 saturated heterocycles. The van der Waals surface area contributed by atoms with Crippen molar-refractivity contribution in [3.8, 4) is 0 Å². The Bertz CT molecular complexity index is 532. The molecule has 0 amide bonds. The lowest BCUT2D eigenvalue weighted by atomic mass is 9.94. The summed E-state index contributed by atoms with van der Waals surface area (Å²) < 4.78 is 5.60. The van der Waals surface area contributed by atoms with E-state index in [2.05, 4.69) is 20.9 Å². The highest BCUT2D eigenvalue weighted by atomic mass is 16.5. The summed E-state index contributed by atoms with van der Waals surface area (Å²) in [5, 5.41) is 0. The predicted molar refractivity (Wildman–Crippen MR) is 98.5 cm³/mol. The third-order valence-electron chi connectivity index (χ3n) is 6.14. The molecule has 3 fully saturated rings. The van der Waals surface area contributed by atoms with E-state index in [1.54, 1.807) is 0 Å². The lowest BCUT2D eigenvalue weighted by Crippen LogP contribution is -2.50. The smallest absolute Gasteiger partial charge is 0.133 e. The Balaban J connectivity index is 1.29. The monoisotopic (exact) mass is 344 g/mol. The quantitative estimate of drug-likeness (QED) is 0.840. The Morgan fingerprint density at radius 3 is 2.60 bits per heavy atom. The molecule has 1 aliphatic carbocycles. The molecule has 1 aromatic rings. The first-order valence-corrected chi connectivity index (χ1v) is 10.2. The van der Waals surface area contributed by atoms with E-state index >= 15 is 0 Å². The summed E-state index contributed by atoms with van der Waals surface area (Å²) in [6, 6.07) is 2.94. The van der Waals surface area contributed by atoms with Crippen LogP contribution in [0.5, 0.6) is 0 Å². The summed E-state index contributed by atoms with van der Waals surface area (Å²) in [5.41, 5.74) is 1.17. The fourth-order valence-electron chi connectivity index (χ4n) is 4.60. The zero-order valence-corrected chi connectivity index (χ0v) is 15.4. The van der Waals surface area contributed by atoms with E-state index in [-0.39, 0.29) is 0 Å². The minimum Gasteiger partial charge on any atom is -0.381 e. The molecule has 0 bridgehead atoms. The second-order valence-corrected chi connectivity index (χ2v) is 7.92. The Morgan fingerprint density at radius 2 is 1.84 bits per heavy atom. The zero-order chi connectivity index (χ0) is 16.9. The normalized spacial score (nSPS) is 27.4. The molecule has 1 aromatic heterocycles. The maximum Gasteiger partial charge on any atom is 0.133 e. The number of hydrogen-bond acceptors (Lipinski definition) is 5. The molecule has 5 nitrogen and oxygen atoms in total. The van der Waals surface area contributed by atoms with Gasteiger partial charge < -0.3 is 4.74 Å². The van der Waals surface area contributed by atoms with Crippen molar-refractivity contribution in [2.24, 2.45) is 0 Å². The van der Waals surface area contributed by atoms with Gasteiger partial charge in [-0.2, -0.15) is 0 Å². The fraction of sp³-hybridized carbons (Fsp3) is 0.800. The van der Waals surface area contributed by atoms with Crippen molar-refractivity contribution in [3.63, 3.8) is 0 Å². The van der Waals surface area contributed by atoms with Crippen molar-refractivity contribution in [1.29, 1.82) is 0 Å². The minimum absolute atomic E-state index is 0.386. The van der Waals surface area contributed by atoms with Gasteiger partial charge in [-0.1, -0.05) is 19.3 Å². The highest BCUT2D eigenvalue weighted by Gasteiger charge is 2.25. The van der Waals surface area contributed by atoms with Gasteiger partial charge in [-0.05, 0) is 31.7 Å². The van der Waals surface area contributed by atoms with Gasteiger partial charge in [0.05, 0.1) is 12.3 Å². The molecule has 0 N–H and O–H groups in total. The largest absolute Gasteiger partial charge is 0.381 e. The lowest BCUT2D eigenvalue weighted by Gasteiger charge is -2.40. The van der Waals surface area contributed by atoms with Gasteiger partial charge in [0.25, 0.3) is 0 Å². The van der Waals surface area contributed by atoms with Crippen molar-refractivity contribution in [2.75, 3.05) is 39.4 Å². The molecule has 0 aromatic carbocycles. The molecule has 138 valence electrons. The second kappa shape index (κ2) is 8.56. The molecule has 3 aliphatic rings. The van der Waals surface area contributed by atoms with Crippen molar-refractivity contribution in [3.05, 3.63) is 23.8 Å². The van der Waals surface area contributed by atoms with E-state index in [1.165, 1.54) is 64.0 Å².